The zero-order valence-electron chi connectivity index (χ0n) is 49.2. The third kappa shape index (κ3) is 16.0. The van der Waals surface area contributed by atoms with E-state index in [9.17, 15) is 55.6 Å². The number of sulfonamides is 3. The third-order valence-electron chi connectivity index (χ3n) is 15.2. The average molecular weight is 1420 g/mol. The van der Waals surface area contributed by atoms with Gasteiger partial charge in [-0.05, 0) is 141 Å². The second-order valence-electron chi connectivity index (χ2n) is 21.2. The highest BCUT2D eigenvalue weighted by Gasteiger charge is 2.39. The molecule has 0 radical (unpaired) electrons. The van der Waals surface area contributed by atoms with Gasteiger partial charge in [-0.2, -0.15) is 12.9 Å². The number of sulfone groups is 3. The predicted octanol–water partition coefficient (Wildman–Crippen LogP) is 10.2. The van der Waals surface area contributed by atoms with Crippen molar-refractivity contribution in [2.24, 2.45) is 5.73 Å². The van der Waals surface area contributed by atoms with Crippen molar-refractivity contribution in [2.75, 3.05) is 39.5 Å². The van der Waals surface area contributed by atoms with Crippen molar-refractivity contribution in [1.29, 1.82) is 0 Å². The van der Waals surface area contributed by atoms with Crippen LogP contribution in [0.5, 0.6) is 0 Å². The maximum absolute atomic E-state index is 13.4. The minimum atomic E-state index is -3.93. The van der Waals surface area contributed by atoms with Gasteiger partial charge in [0, 0.05) is 49.2 Å². The van der Waals surface area contributed by atoms with Crippen LogP contribution in [0.15, 0.2) is 212 Å². The topological polar surface area (TPSA) is 288 Å². The Bertz CT molecular complexity index is 4690. The summed E-state index contributed by atoms with van der Waals surface area (Å²) in [6.45, 7) is 16.3. The Morgan fingerprint density at radius 2 is 0.772 bits per heavy atom. The first-order valence-electron chi connectivity index (χ1n) is 28.6. The van der Waals surface area contributed by atoms with Crippen molar-refractivity contribution < 1.29 is 65.1 Å². The molecule has 11 rings (SSSR count). The van der Waals surface area contributed by atoms with E-state index in [0.29, 0.717) is 65.0 Å². The molecule has 0 spiro atoms. The van der Waals surface area contributed by atoms with Gasteiger partial charge >= 0.3 is 0 Å². The molecule has 3 aliphatic rings. The highest BCUT2D eigenvalue weighted by Crippen LogP contribution is 2.37. The summed E-state index contributed by atoms with van der Waals surface area (Å²) in [5.74, 6) is 0. The third-order valence-corrected chi connectivity index (χ3v) is 30.8. The highest BCUT2D eigenvalue weighted by atomic mass is 32.3. The molecule has 486 valence electrons. The van der Waals surface area contributed by atoms with Crippen LogP contribution in [-0.4, -0.2) is 126 Å². The Balaban J connectivity index is 0.000000164. The first kappa shape index (κ1) is 69.9. The first-order chi connectivity index (χ1) is 43.9. The van der Waals surface area contributed by atoms with Gasteiger partial charge in [0.25, 0.3) is 0 Å². The number of aliphatic hydroxyl groups is 1. The largest absolute Gasteiger partial charge is 0.395 e. The average Bonchev–Trinajstić information content (AvgIpc) is 1.34. The lowest BCUT2D eigenvalue weighted by Gasteiger charge is -2.24. The van der Waals surface area contributed by atoms with E-state index in [0.717, 1.165) is 62.5 Å². The van der Waals surface area contributed by atoms with E-state index in [2.05, 4.69) is 9.69 Å². The fraction of sp³-hybridized carbons (Fsp3) is 0.290. The van der Waals surface area contributed by atoms with Gasteiger partial charge in [-0.25, -0.2) is 60.2 Å². The van der Waals surface area contributed by atoms with E-state index in [1.165, 1.54) is 110 Å². The standard InChI is InChI=1S/C23H22N2O5S3.C23H26N2O5S3.C16H16N2O5S3/c1-24-22-12-13-23(31-22)32(26,27)20-10-5-11-21(15-20)33(28,29)25-14-6-9-19(25)17-30-16-18-7-3-2-4-8-18;24-15-20-11-12-23(31-20)32(26,27)21-9-4-10-22(14-21)33(28,29)25-13-5-8-19(25)17-30-16-18-6-2-1-3-7-18;1-17-15-7-8-16(24-15)25(20,21)13-5-2-6-14(10-13)26(22,23)18-9-3-4-12(18)11-19/h2-5,7-8,10-13,15,19H,6,9,14,16-17H2;1-4,6-7,9-12,14,19H,5,8,13,15-17,24H2;2,5-8,10,12,19H,3-4,9,11H2/t2*19-;12-/m000/s1. The molecular weight excluding hydrogens is 1360 g/mol. The number of rotatable bonds is 22. The molecule has 3 saturated heterocycles. The molecule has 3 aromatic heterocycles. The number of ether oxygens (including phenoxy) is 2. The second kappa shape index (κ2) is 30.3. The van der Waals surface area contributed by atoms with Crippen LogP contribution in [-0.2, 0) is 88.8 Å². The fourth-order valence-electron chi connectivity index (χ4n) is 10.5. The van der Waals surface area contributed by atoms with Crippen LogP contribution in [0, 0.1) is 13.1 Å². The summed E-state index contributed by atoms with van der Waals surface area (Å²) in [6, 6.07) is 43.2. The molecule has 0 bridgehead atoms. The molecule has 3 fully saturated rings. The Morgan fingerprint density at radius 1 is 0.435 bits per heavy atom. The lowest BCUT2D eigenvalue weighted by atomic mass is 10.2. The molecule has 0 aliphatic carbocycles. The van der Waals surface area contributed by atoms with Crippen LogP contribution in [0.2, 0.25) is 0 Å². The predicted molar refractivity (Wildman–Crippen MR) is 349 cm³/mol. The van der Waals surface area contributed by atoms with E-state index in [1.54, 1.807) is 6.07 Å². The summed E-state index contributed by atoms with van der Waals surface area (Å²) in [4.78, 5) is 6.66. The van der Waals surface area contributed by atoms with E-state index in [1.807, 2.05) is 60.7 Å². The molecule has 0 saturated carbocycles. The van der Waals surface area contributed by atoms with E-state index in [-0.39, 0.29) is 90.5 Å². The van der Waals surface area contributed by atoms with Crippen molar-refractivity contribution in [1.82, 2.24) is 12.9 Å². The van der Waals surface area contributed by atoms with Gasteiger partial charge in [-0.1, -0.05) is 78.9 Å². The molecule has 92 heavy (non-hydrogen) atoms. The first-order valence-corrected chi connectivity index (χ1v) is 39.9. The summed E-state index contributed by atoms with van der Waals surface area (Å²) in [5, 5.41) is 9.88. The Kier molecular flexibility index (Phi) is 23.1. The van der Waals surface area contributed by atoms with Crippen LogP contribution in [0.4, 0.5) is 10.0 Å². The molecule has 0 unspecified atom stereocenters. The maximum atomic E-state index is 13.4. The van der Waals surface area contributed by atoms with Gasteiger partial charge in [0.05, 0.1) is 75.6 Å². The van der Waals surface area contributed by atoms with Crippen LogP contribution >= 0.6 is 34.0 Å². The quantitative estimate of drug-likeness (QED) is 0.0596. The van der Waals surface area contributed by atoms with Crippen LogP contribution in [0.25, 0.3) is 9.69 Å². The Morgan fingerprint density at radius 3 is 1.11 bits per heavy atom. The minimum absolute atomic E-state index is 0.00699. The minimum Gasteiger partial charge on any atom is -0.395 e. The van der Waals surface area contributed by atoms with Crippen molar-refractivity contribution in [3.8, 4) is 0 Å². The monoisotopic (exact) mass is 1420 g/mol. The second-order valence-corrected chi connectivity index (χ2v) is 36.7. The van der Waals surface area contributed by atoms with Gasteiger partial charge < -0.3 is 20.3 Å². The van der Waals surface area contributed by atoms with Crippen LogP contribution in [0.3, 0.4) is 0 Å². The molecule has 6 heterocycles. The number of hydrogen-bond acceptors (Lipinski definition) is 19. The molecule has 0 amide bonds. The van der Waals surface area contributed by atoms with E-state index >= 15 is 0 Å². The van der Waals surface area contributed by atoms with Crippen molar-refractivity contribution in [3.63, 3.8) is 0 Å². The number of nitrogens with two attached hydrogens (primary N) is 1. The van der Waals surface area contributed by atoms with E-state index < -0.39 is 65.6 Å². The van der Waals surface area contributed by atoms with Gasteiger partial charge in [-0.15, -0.1) is 34.0 Å². The smallest absolute Gasteiger partial charge is 0.243 e. The number of hydrogen-bond donors (Lipinski definition) is 2. The van der Waals surface area contributed by atoms with Crippen molar-refractivity contribution in [3.05, 3.63) is 209 Å². The van der Waals surface area contributed by atoms with Gasteiger partial charge in [-0.3, -0.25) is 0 Å². The highest BCUT2D eigenvalue weighted by molar-refractivity contribution is 7.94. The molecular formula is C62H64N6O15S9. The number of nitrogens with zero attached hydrogens (tertiary/aromatic N) is 5. The molecule has 8 aromatic rings. The molecule has 5 aromatic carbocycles. The van der Waals surface area contributed by atoms with Crippen molar-refractivity contribution >= 4 is 104 Å². The molecule has 3 aliphatic heterocycles. The summed E-state index contributed by atoms with van der Waals surface area (Å²) in [6.07, 6.45) is 4.04. The number of aliphatic hydroxyl groups excluding tert-OH is 1. The van der Waals surface area contributed by atoms with E-state index in [4.69, 9.17) is 28.4 Å². The maximum Gasteiger partial charge on any atom is 0.243 e. The summed E-state index contributed by atoms with van der Waals surface area (Å²) >= 11 is 2.80. The summed E-state index contributed by atoms with van der Waals surface area (Å²) in [5.41, 5.74) is 7.63. The lowest BCUT2D eigenvalue weighted by Crippen LogP contribution is -2.38. The fourth-order valence-corrected chi connectivity index (χ4v) is 23.6. The Labute approximate surface area is 549 Å². The molecule has 21 nitrogen and oxygen atoms in total. The zero-order chi connectivity index (χ0) is 65.9. The number of benzene rings is 5. The SMILES string of the molecule is NCc1ccc(S(=O)(=O)c2cccc(S(=O)(=O)N3CCC[C@H]3COCc3ccccc3)c2)s1.[C-]#[N+]c1ccc(S(=O)(=O)c2cccc(S(=O)(=O)N3CCC[C@H]3CO)c2)s1.[C-]#[N+]c1ccc(S(=O)(=O)c2cccc(S(=O)(=O)N3CCC[C@H]3COCc3ccccc3)c2)s1. The Hall–Kier alpha value is -6.40. The normalized spacial score (nSPS) is 17.7. The van der Waals surface area contributed by atoms with Gasteiger partial charge in [0.1, 0.15) is 12.6 Å². The van der Waals surface area contributed by atoms with Gasteiger partial charge in [0.2, 0.25) is 69.6 Å². The molecule has 30 heteroatoms. The van der Waals surface area contributed by atoms with Gasteiger partial charge in [0.15, 0.2) is 0 Å². The van der Waals surface area contributed by atoms with Crippen LogP contribution in [0.1, 0.15) is 54.5 Å². The molecule has 3 atom stereocenters. The summed E-state index contributed by atoms with van der Waals surface area (Å²) in [7, 11) is -23.4. The van der Waals surface area contributed by atoms with Crippen LogP contribution < -0.4 is 5.73 Å². The summed E-state index contributed by atoms with van der Waals surface area (Å²) < 4.78 is 173. The zero-order valence-corrected chi connectivity index (χ0v) is 56.5. The van der Waals surface area contributed by atoms with Crippen molar-refractivity contribution in [2.45, 2.75) is 118 Å². The molecule has 3 N–H and O–H groups in total. The lowest BCUT2D eigenvalue weighted by molar-refractivity contribution is 0.0873. The number of thiophene rings is 3.